The number of benzene rings is 5. The number of hydrogen-bond acceptors (Lipinski definition) is 0. The van der Waals surface area contributed by atoms with Crippen molar-refractivity contribution in [2.24, 2.45) is 0 Å². The van der Waals surface area contributed by atoms with Crippen LogP contribution in [0.25, 0.3) is 0 Å². The van der Waals surface area contributed by atoms with Gasteiger partial charge in [0.05, 0.1) is 0 Å². The van der Waals surface area contributed by atoms with E-state index in [-0.39, 0.29) is 47.6 Å². The van der Waals surface area contributed by atoms with E-state index in [2.05, 4.69) is 97.1 Å². The average molecular weight is 724 g/mol. The molecule has 0 saturated carbocycles. The Kier molecular flexibility index (Phi) is 18.9. The van der Waals surface area contributed by atoms with Crippen LogP contribution >= 0.6 is 0 Å². The largest absolute Gasteiger partial charge is 0.358 e. The Bertz CT molecular complexity index is 1640. The molecule has 0 spiro atoms. The van der Waals surface area contributed by atoms with Gasteiger partial charge in [-0.1, -0.05) is 199 Å². The van der Waals surface area contributed by atoms with Crippen molar-refractivity contribution in [1.29, 1.82) is 0 Å². The maximum Gasteiger partial charge on any atom is 0.242 e. The van der Waals surface area contributed by atoms with Gasteiger partial charge in [-0.05, 0) is 70.2 Å². The first-order chi connectivity index (χ1) is 22.8. The second-order valence-electron chi connectivity index (χ2n) is 11.2. The third-order valence-corrected chi connectivity index (χ3v) is 9.43. The van der Waals surface area contributed by atoms with Crippen molar-refractivity contribution in [1.82, 2.24) is 0 Å². The van der Waals surface area contributed by atoms with Crippen molar-refractivity contribution < 1.29 is 32.7 Å². The van der Waals surface area contributed by atoms with Crippen LogP contribution in [-0.2, 0) is 58.4 Å². The second kappa shape index (κ2) is 20.9. The molecular formula is C46H60B2Y-2. The van der Waals surface area contributed by atoms with Crippen LogP contribution in [0.15, 0.2) is 97.1 Å². The minimum absolute atomic E-state index is 0. The number of hydrogen-bond donors (Lipinski definition) is 0. The maximum atomic E-state index is 2.64. The van der Waals surface area contributed by atoms with E-state index in [1.165, 1.54) is 55.4 Å². The normalized spacial score (nSPS) is 11.8. The van der Waals surface area contributed by atoms with Crippen LogP contribution in [0.5, 0.6) is 0 Å². The fourth-order valence-corrected chi connectivity index (χ4v) is 8.00. The summed E-state index contributed by atoms with van der Waals surface area (Å²) in [6.07, 6.45) is 4.23. The van der Waals surface area contributed by atoms with Gasteiger partial charge in [0, 0.05) is 32.7 Å². The molecule has 0 amide bonds. The summed E-state index contributed by atoms with van der Waals surface area (Å²) in [6.45, 7) is 20.7. The van der Waals surface area contributed by atoms with E-state index in [9.17, 15) is 0 Å². The Balaban J connectivity index is 0.000000855. The Morgan fingerprint density at radius 3 is 0.959 bits per heavy atom. The first kappa shape index (κ1) is 44.4. The molecule has 0 N–H and O–H groups in total. The van der Waals surface area contributed by atoms with E-state index >= 15 is 0 Å². The van der Waals surface area contributed by atoms with Crippen molar-refractivity contribution in [3.05, 3.63) is 156 Å². The Morgan fingerprint density at radius 1 is 0.327 bits per heavy atom. The van der Waals surface area contributed by atoms with Crippen LogP contribution in [-0.4, -0.2) is 13.4 Å². The standard InChI is InChI=1S/C34H24B2.5C2H6.2CH3.Y/c1-3-13-29-21(7-1)15-23-9-5-11-25-17-27-19-28-18-26-12-6-10-24-16-22-8-2-4-14-30(22)36(34(24)26)32(28)20-31(27)35(29)33(23)25;5*1-2;;;/h1-14,19-20H,15-18H2;5*1-2H3;2*1H3;/q;;;;;;2*-1;. The van der Waals surface area contributed by atoms with Crippen LogP contribution in [0.1, 0.15) is 114 Å². The van der Waals surface area contributed by atoms with Crippen molar-refractivity contribution >= 4 is 46.2 Å². The van der Waals surface area contributed by atoms with E-state index in [0.717, 1.165) is 25.7 Å². The van der Waals surface area contributed by atoms with Gasteiger partial charge in [-0.25, -0.2) is 0 Å². The molecule has 5 aromatic carbocycles. The molecule has 255 valence electrons. The summed E-state index contributed by atoms with van der Waals surface area (Å²) in [7, 11) is 0. The molecule has 4 heterocycles. The van der Waals surface area contributed by atoms with Gasteiger partial charge in [0.25, 0.3) is 0 Å². The maximum absolute atomic E-state index is 2.64. The smallest absolute Gasteiger partial charge is 0.242 e. The van der Waals surface area contributed by atoms with Crippen molar-refractivity contribution in [3.63, 3.8) is 0 Å². The van der Waals surface area contributed by atoms with Gasteiger partial charge in [-0.2, -0.15) is 0 Å². The number of fused-ring (bicyclic) bond motifs is 8. The summed E-state index contributed by atoms with van der Waals surface area (Å²) in [4.78, 5) is 0. The third-order valence-electron chi connectivity index (χ3n) is 9.43. The van der Waals surface area contributed by atoms with E-state index in [1.54, 1.807) is 21.9 Å². The van der Waals surface area contributed by atoms with Gasteiger partial charge in [0.2, 0.25) is 13.4 Å². The molecule has 4 aliphatic heterocycles. The molecule has 0 bridgehead atoms. The van der Waals surface area contributed by atoms with Crippen LogP contribution < -0.4 is 32.8 Å². The Morgan fingerprint density at radius 2 is 0.612 bits per heavy atom. The van der Waals surface area contributed by atoms with E-state index in [1.807, 2.05) is 69.2 Å². The fraction of sp³-hybridized carbons (Fsp3) is 0.304. The molecular weight excluding hydrogens is 663 g/mol. The molecule has 4 aliphatic rings. The molecule has 9 rings (SSSR count). The first-order valence-corrected chi connectivity index (χ1v) is 18.4. The molecule has 0 aromatic heterocycles. The zero-order valence-electron chi connectivity index (χ0n) is 32.8. The van der Waals surface area contributed by atoms with E-state index in [0.29, 0.717) is 13.4 Å². The van der Waals surface area contributed by atoms with Crippen LogP contribution in [0, 0.1) is 14.9 Å². The van der Waals surface area contributed by atoms with E-state index in [4.69, 9.17) is 0 Å². The molecule has 49 heavy (non-hydrogen) atoms. The van der Waals surface area contributed by atoms with Gasteiger partial charge in [0.15, 0.2) is 0 Å². The van der Waals surface area contributed by atoms with Gasteiger partial charge in [-0.3, -0.25) is 0 Å². The SMILES string of the molecule is CC.CC.CC.CC.CC.[CH3-].[CH3-].[Y].c1ccc2c(c1)Cc1cccc3c1B2c1cc2c(cc1C3)Cc1cccc3c1B2c1ccccc1C3. The third kappa shape index (κ3) is 7.97. The van der Waals surface area contributed by atoms with Gasteiger partial charge in [-0.15, -0.1) is 0 Å². The molecule has 0 saturated heterocycles. The summed E-state index contributed by atoms with van der Waals surface area (Å²) in [6, 6.07) is 37.6. The summed E-state index contributed by atoms with van der Waals surface area (Å²) < 4.78 is 0. The Labute approximate surface area is 328 Å². The van der Waals surface area contributed by atoms with E-state index < -0.39 is 0 Å². The summed E-state index contributed by atoms with van der Waals surface area (Å²) in [5.41, 5.74) is 21.4. The molecule has 0 atom stereocenters. The topological polar surface area (TPSA) is 0 Å². The van der Waals surface area contributed by atoms with Crippen LogP contribution in [0.4, 0.5) is 0 Å². The first-order valence-electron chi connectivity index (χ1n) is 18.4. The van der Waals surface area contributed by atoms with Gasteiger partial charge in [0.1, 0.15) is 0 Å². The minimum atomic E-state index is 0. The molecule has 0 fully saturated rings. The molecule has 3 heteroatoms. The summed E-state index contributed by atoms with van der Waals surface area (Å²) in [5, 5.41) is 0. The molecule has 0 nitrogen and oxygen atoms in total. The van der Waals surface area contributed by atoms with Crippen LogP contribution in [0.3, 0.4) is 0 Å². The predicted octanol–water partition coefficient (Wildman–Crippen LogP) is 8.36. The minimum Gasteiger partial charge on any atom is -0.358 e. The van der Waals surface area contributed by atoms with Crippen molar-refractivity contribution in [3.8, 4) is 0 Å². The monoisotopic (exact) mass is 723 g/mol. The predicted molar refractivity (Wildman–Crippen MR) is 222 cm³/mol. The second-order valence-corrected chi connectivity index (χ2v) is 11.2. The average Bonchev–Trinajstić information content (AvgIpc) is 3.15. The zero-order valence-corrected chi connectivity index (χ0v) is 35.6. The van der Waals surface area contributed by atoms with Gasteiger partial charge < -0.3 is 14.9 Å². The molecule has 1 radical (unpaired) electrons. The van der Waals surface area contributed by atoms with Crippen molar-refractivity contribution in [2.45, 2.75) is 94.9 Å². The number of rotatable bonds is 0. The molecule has 0 unspecified atom stereocenters. The van der Waals surface area contributed by atoms with Crippen molar-refractivity contribution in [2.75, 3.05) is 0 Å². The fourth-order valence-electron chi connectivity index (χ4n) is 8.00. The quantitative estimate of drug-likeness (QED) is 0.109. The Hall–Kier alpha value is -2.67. The summed E-state index contributed by atoms with van der Waals surface area (Å²) in [5.74, 6) is 0. The van der Waals surface area contributed by atoms with Crippen LogP contribution in [0.2, 0.25) is 0 Å². The summed E-state index contributed by atoms with van der Waals surface area (Å²) >= 11 is 0. The zero-order chi connectivity index (χ0) is 33.4. The van der Waals surface area contributed by atoms with Gasteiger partial charge >= 0.3 is 0 Å². The molecule has 0 aliphatic carbocycles. The molecule has 5 aromatic rings.